The predicted molar refractivity (Wildman–Crippen MR) is 132 cm³/mol. The Morgan fingerprint density at radius 1 is 1.21 bits per heavy atom. The third-order valence-corrected chi connectivity index (χ3v) is 7.73. The van der Waals surface area contributed by atoms with E-state index in [9.17, 15) is 9.59 Å². The highest BCUT2D eigenvalue weighted by Crippen LogP contribution is 2.59. The van der Waals surface area contributed by atoms with Crippen molar-refractivity contribution in [3.63, 3.8) is 0 Å². The van der Waals surface area contributed by atoms with Gasteiger partial charge in [0.15, 0.2) is 0 Å². The van der Waals surface area contributed by atoms with Gasteiger partial charge in [0.1, 0.15) is 11.6 Å². The minimum absolute atomic E-state index is 0.00871. The quantitative estimate of drug-likeness (QED) is 0.556. The first-order valence-corrected chi connectivity index (χ1v) is 12.1. The van der Waals surface area contributed by atoms with Gasteiger partial charge in [0.2, 0.25) is 11.8 Å². The molecule has 1 N–H and O–H groups in total. The number of hydrogen-bond donors (Lipinski definition) is 1. The smallest absolute Gasteiger partial charge is 0.228 e. The molecule has 2 heterocycles. The van der Waals surface area contributed by atoms with Gasteiger partial charge in [-0.15, -0.1) is 0 Å². The van der Waals surface area contributed by atoms with E-state index in [1.165, 1.54) is 0 Å². The summed E-state index contributed by atoms with van der Waals surface area (Å²) in [5, 5.41) is 3.46. The maximum absolute atomic E-state index is 12.9. The largest absolute Gasteiger partial charge is 0.495 e. The van der Waals surface area contributed by atoms with Crippen LogP contribution in [0.1, 0.15) is 31.5 Å². The summed E-state index contributed by atoms with van der Waals surface area (Å²) >= 11 is 6.17. The molecule has 178 valence electrons. The average molecular weight is 481 g/mol. The SMILES string of the molecule is COc1ccc(NC(=O)[C@@H]2CC23CCN(C(=O)CCn2c(C)nc4ccccc42)CC3)cc1Cl. The lowest BCUT2D eigenvalue weighted by atomic mass is 9.90. The van der Waals surface area contributed by atoms with Crippen LogP contribution in [-0.2, 0) is 16.1 Å². The first-order chi connectivity index (χ1) is 16.4. The number of imidazole rings is 1. The number of amides is 2. The van der Waals surface area contributed by atoms with Gasteiger partial charge in [-0.3, -0.25) is 9.59 Å². The molecule has 0 unspecified atom stereocenters. The molecule has 0 radical (unpaired) electrons. The molecule has 2 amide bonds. The molecule has 1 spiro atoms. The molecular formula is C26H29ClN4O3. The van der Waals surface area contributed by atoms with E-state index in [1.54, 1.807) is 25.3 Å². The molecule has 1 saturated carbocycles. The Hall–Kier alpha value is -3.06. The normalized spacial score (nSPS) is 18.8. The highest BCUT2D eigenvalue weighted by molar-refractivity contribution is 6.32. The van der Waals surface area contributed by atoms with E-state index < -0.39 is 0 Å². The van der Waals surface area contributed by atoms with Crippen molar-refractivity contribution in [1.29, 1.82) is 0 Å². The molecule has 2 aromatic carbocycles. The second-order valence-electron chi connectivity index (χ2n) is 9.39. The van der Waals surface area contributed by atoms with Crippen molar-refractivity contribution < 1.29 is 14.3 Å². The fourth-order valence-electron chi connectivity index (χ4n) is 5.29. The third kappa shape index (κ3) is 4.25. The zero-order valence-corrected chi connectivity index (χ0v) is 20.3. The molecule has 0 bridgehead atoms. The third-order valence-electron chi connectivity index (χ3n) is 7.43. The lowest BCUT2D eigenvalue weighted by Gasteiger charge is -2.33. The number of piperidine rings is 1. The second kappa shape index (κ2) is 8.95. The number of benzene rings is 2. The number of halogens is 1. The maximum atomic E-state index is 12.9. The Morgan fingerprint density at radius 2 is 1.97 bits per heavy atom. The van der Waals surface area contributed by atoms with Crippen molar-refractivity contribution >= 4 is 40.1 Å². The van der Waals surface area contributed by atoms with E-state index in [1.807, 2.05) is 36.1 Å². The summed E-state index contributed by atoms with van der Waals surface area (Å²) < 4.78 is 7.28. The molecule has 2 aliphatic rings. The number of likely N-dealkylation sites (tertiary alicyclic amines) is 1. The van der Waals surface area contributed by atoms with E-state index in [2.05, 4.69) is 14.9 Å². The summed E-state index contributed by atoms with van der Waals surface area (Å²) in [4.78, 5) is 32.3. The first kappa shape index (κ1) is 22.7. The number of aryl methyl sites for hydroxylation is 2. The molecule has 1 atom stereocenters. The number of methoxy groups -OCH3 is 1. The Kier molecular flexibility index (Phi) is 5.98. The van der Waals surface area contributed by atoms with E-state index in [0.717, 1.165) is 36.1 Å². The van der Waals surface area contributed by atoms with Crippen molar-refractivity contribution in [1.82, 2.24) is 14.5 Å². The van der Waals surface area contributed by atoms with E-state index >= 15 is 0 Å². The number of carbonyl (C=O) groups is 2. The molecular weight excluding hydrogens is 452 g/mol. The average Bonchev–Trinajstić information content (AvgIpc) is 3.43. The fraction of sp³-hybridized carbons (Fsp3) is 0.423. The van der Waals surface area contributed by atoms with Gasteiger partial charge < -0.3 is 19.5 Å². The molecule has 8 heteroatoms. The van der Waals surface area contributed by atoms with Gasteiger partial charge in [-0.05, 0) is 61.9 Å². The Morgan fingerprint density at radius 3 is 2.71 bits per heavy atom. The van der Waals surface area contributed by atoms with Crippen molar-refractivity contribution in [3.8, 4) is 5.75 Å². The van der Waals surface area contributed by atoms with Gasteiger partial charge >= 0.3 is 0 Å². The van der Waals surface area contributed by atoms with Gasteiger partial charge in [-0.25, -0.2) is 4.98 Å². The second-order valence-corrected chi connectivity index (χ2v) is 9.80. The molecule has 34 heavy (non-hydrogen) atoms. The summed E-state index contributed by atoms with van der Waals surface area (Å²) in [6, 6.07) is 13.3. The lowest BCUT2D eigenvalue weighted by molar-refractivity contribution is -0.133. The molecule has 2 fully saturated rings. The molecule has 1 aliphatic heterocycles. The van der Waals surface area contributed by atoms with Crippen molar-refractivity contribution in [3.05, 3.63) is 53.3 Å². The van der Waals surface area contributed by atoms with Gasteiger partial charge in [0.05, 0.1) is 23.2 Å². The molecule has 7 nitrogen and oxygen atoms in total. The van der Waals surface area contributed by atoms with Crippen LogP contribution in [0.4, 0.5) is 5.69 Å². The van der Waals surface area contributed by atoms with Crippen LogP contribution >= 0.6 is 11.6 Å². The van der Waals surface area contributed by atoms with Crippen LogP contribution in [0.5, 0.6) is 5.75 Å². The minimum Gasteiger partial charge on any atom is -0.495 e. The van der Waals surface area contributed by atoms with Gasteiger partial charge in [0, 0.05) is 37.7 Å². The summed E-state index contributed by atoms with van der Waals surface area (Å²) in [5.41, 5.74) is 2.72. The summed E-state index contributed by atoms with van der Waals surface area (Å²) in [5.74, 6) is 1.70. The molecule has 5 rings (SSSR count). The number of rotatable bonds is 6. The zero-order valence-electron chi connectivity index (χ0n) is 19.5. The number of nitrogens with one attached hydrogen (secondary N) is 1. The summed E-state index contributed by atoms with van der Waals surface area (Å²) in [6.45, 7) is 4.02. The Labute approximate surface area is 204 Å². The van der Waals surface area contributed by atoms with Crippen LogP contribution in [0, 0.1) is 18.3 Å². The van der Waals surface area contributed by atoms with Crippen LogP contribution in [-0.4, -0.2) is 46.5 Å². The number of carbonyl (C=O) groups excluding carboxylic acids is 2. The first-order valence-electron chi connectivity index (χ1n) is 11.7. The monoisotopic (exact) mass is 480 g/mol. The Balaban J connectivity index is 1.13. The van der Waals surface area contributed by atoms with Gasteiger partial charge in [0.25, 0.3) is 0 Å². The lowest BCUT2D eigenvalue weighted by Crippen LogP contribution is -2.40. The van der Waals surface area contributed by atoms with E-state index in [-0.39, 0.29) is 23.1 Å². The fourth-order valence-corrected chi connectivity index (χ4v) is 5.55. The maximum Gasteiger partial charge on any atom is 0.228 e. The van der Waals surface area contributed by atoms with Crippen LogP contribution < -0.4 is 10.1 Å². The zero-order chi connectivity index (χ0) is 23.9. The van der Waals surface area contributed by atoms with Crippen molar-refractivity contribution in [2.24, 2.45) is 11.3 Å². The molecule has 3 aromatic rings. The minimum atomic E-state index is -0.00871. The topological polar surface area (TPSA) is 76.5 Å². The molecule has 1 aliphatic carbocycles. The predicted octanol–water partition coefficient (Wildman–Crippen LogP) is 4.66. The number of hydrogen-bond acceptors (Lipinski definition) is 4. The standard InChI is InChI=1S/C26H29ClN4O3/c1-17-28-21-5-3-4-6-22(21)31(17)12-9-24(32)30-13-10-26(11-14-30)16-19(26)25(33)29-18-7-8-23(34-2)20(27)15-18/h3-8,15,19H,9-14,16H2,1-2H3,(H,29,33)/t19-/m0/s1. The summed E-state index contributed by atoms with van der Waals surface area (Å²) in [6.07, 6.45) is 3.07. The number of aromatic nitrogens is 2. The highest BCUT2D eigenvalue weighted by atomic mass is 35.5. The van der Waals surface area contributed by atoms with E-state index in [4.69, 9.17) is 16.3 Å². The van der Waals surface area contributed by atoms with Crippen LogP contribution in [0.2, 0.25) is 5.02 Å². The number of ether oxygens (including phenoxy) is 1. The number of para-hydroxylation sites is 2. The number of anilines is 1. The highest BCUT2D eigenvalue weighted by Gasteiger charge is 2.58. The Bertz CT molecular complexity index is 1250. The van der Waals surface area contributed by atoms with Crippen molar-refractivity contribution in [2.75, 3.05) is 25.5 Å². The number of fused-ring (bicyclic) bond motifs is 1. The van der Waals surface area contributed by atoms with Gasteiger partial charge in [-0.2, -0.15) is 0 Å². The van der Waals surface area contributed by atoms with Crippen LogP contribution in [0.3, 0.4) is 0 Å². The summed E-state index contributed by atoms with van der Waals surface area (Å²) in [7, 11) is 1.56. The van der Waals surface area contributed by atoms with Crippen LogP contribution in [0.15, 0.2) is 42.5 Å². The molecule has 1 aromatic heterocycles. The molecule has 1 saturated heterocycles. The van der Waals surface area contributed by atoms with Gasteiger partial charge in [-0.1, -0.05) is 23.7 Å². The van der Waals surface area contributed by atoms with E-state index in [0.29, 0.717) is 42.5 Å². The number of nitrogens with zero attached hydrogens (tertiary/aromatic N) is 3. The van der Waals surface area contributed by atoms with Crippen LogP contribution in [0.25, 0.3) is 11.0 Å². The van der Waals surface area contributed by atoms with Crippen molar-refractivity contribution in [2.45, 2.75) is 39.2 Å².